The molecule has 78 valence electrons. The van der Waals surface area contributed by atoms with Crippen molar-refractivity contribution in [2.24, 2.45) is 0 Å². The van der Waals surface area contributed by atoms with Gasteiger partial charge in [-0.05, 0) is 13.8 Å². The molecular weight excluding hydrogens is 188 g/mol. The molecule has 0 saturated heterocycles. The summed E-state index contributed by atoms with van der Waals surface area (Å²) < 4.78 is 5.33. The fourth-order valence-corrected chi connectivity index (χ4v) is 1.69. The van der Waals surface area contributed by atoms with Crippen molar-refractivity contribution in [3.63, 3.8) is 0 Å². The summed E-state index contributed by atoms with van der Waals surface area (Å²) in [5, 5.41) is 8.66. The molecular formula is C9H18O3S. The van der Waals surface area contributed by atoms with Gasteiger partial charge in [-0.3, -0.25) is 4.79 Å². The summed E-state index contributed by atoms with van der Waals surface area (Å²) in [6.45, 7) is 6.61. The third-order valence-corrected chi connectivity index (χ3v) is 2.54. The lowest BCUT2D eigenvalue weighted by Gasteiger charge is -2.10. The van der Waals surface area contributed by atoms with Gasteiger partial charge in [0.25, 0.3) is 0 Å². The van der Waals surface area contributed by atoms with Crippen molar-refractivity contribution in [3.05, 3.63) is 0 Å². The van der Waals surface area contributed by atoms with E-state index in [9.17, 15) is 4.79 Å². The Balaban J connectivity index is 3.26. The third-order valence-electron chi connectivity index (χ3n) is 1.40. The zero-order chi connectivity index (χ0) is 10.3. The van der Waals surface area contributed by atoms with E-state index < -0.39 is 5.97 Å². The molecule has 0 aliphatic rings. The van der Waals surface area contributed by atoms with Gasteiger partial charge in [-0.2, -0.15) is 11.8 Å². The topological polar surface area (TPSA) is 46.5 Å². The van der Waals surface area contributed by atoms with E-state index in [4.69, 9.17) is 9.84 Å². The lowest BCUT2D eigenvalue weighted by atomic mass is 10.3. The summed E-state index contributed by atoms with van der Waals surface area (Å²) in [6, 6.07) is 0. The van der Waals surface area contributed by atoms with Gasteiger partial charge in [0.05, 0.1) is 19.1 Å². The zero-order valence-electron chi connectivity index (χ0n) is 8.45. The Hall–Kier alpha value is -0.220. The van der Waals surface area contributed by atoms with Gasteiger partial charge < -0.3 is 9.84 Å². The highest BCUT2D eigenvalue weighted by Gasteiger charge is 2.07. The van der Waals surface area contributed by atoms with Crippen molar-refractivity contribution in [2.45, 2.75) is 38.5 Å². The van der Waals surface area contributed by atoms with Crippen LogP contribution in [0.2, 0.25) is 0 Å². The van der Waals surface area contributed by atoms with Crippen LogP contribution in [-0.2, 0) is 9.53 Å². The molecule has 13 heavy (non-hydrogen) atoms. The van der Waals surface area contributed by atoms with Crippen LogP contribution in [0, 0.1) is 0 Å². The van der Waals surface area contributed by atoms with Crippen LogP contribution >= 0.6 is 11.8 Å². The highest BCUT2D eigenvalue weighted by molar-refractivity contribution is 7.99. The molecule has 0 heterocycles. The van der Waals surface area contributed by atoms with Gasteiger partial charge in [0.15, 0.2) is 0 Å². The standard InChI is InChI=1S/C9H18O3S/c1-7(2)12-4-5-13-8(3)6-9(10)11/h7-8H,4-6H2,1-3H3,(H,10,11). The number of aliphatic carboxylic acids is 1. The second-order valence-electron chi connectivity index (χ2n) is 3.20. The summed E-state index contributed by atoms with van der Waals surface area (Å²) in [6.07, 6.45) is 0.488. The van der Waals surface area contributed by atoms with Crippen LogP contribution in [0.4, 0.5) is 0 Å². The van der Waals surface area contributed by atoms with Crippen molar-refractivity contribution in [3.8, 4) is 0 Å². The number of carboxylic acid groups (broad SMARTS) is 1. The van der Waals surface area contributed by atoms with Gasteiger partial charge in [0.1, 0.15) is 0 Å². The van der Waals surface area contributed by atoms with Crippen LogP contribution < -0.4 is 0 Å². The van der Waals surface area contributed by atoms with Crippen LogP contribution in [0.3, 0.4) is 0 Å². The van der Waals surface area contributed by atoms with Crippen LogP contribution in [0.15, 0.2) is 0 Å². The minimum Gasteiger partial charge on any atom is -0.481 e. The number of hydrogen-bond donors (Lipinski definition) is 1. The molecule has 0 aliphatic heterocycles. The van der Waals surface area contributed by atoms with Crippen LogP contribution in [0.5, 0.6) is 0 Å². The molecule has 1 unspecified atom stereocenters. The van der Waals surface area contributed by atoms with Crippen molar-refractivity contribution >= 4 is 17.7 Å². The van der Waals surface area contributed by atoms with E-state index in [1.807, 2.05) is 20.8 Å². The van der Waals surface area contributed by atoms with E-state index in [0.717, 1.165) is 5.75 Å². The zero-order valence-corrected chi connectivity index (χ0v) is 9.26. The second kappa shape index (κ2) is 7.21. The van der Waals surface area contributed by atoms with E-state index >= 15 is 0 Å². The van der Waals surface area contributed by atoms with Gasteiger partial charge in [0.2, 0.25) is 0 Å². The summed E-state index contributed by atoms with van der Waals surface area (Å²) in [4.78, 5) is 10.3. The third kappa shape index (κ3) is 9.70. The molecule has 0 fully saturated rings. The quantitative estimate of drug-likeness (QED) is 0.647. The maximum Gasteiger partial charge on any atom is 0.304 e. The Kier molecular flexibility index (Phi) is 7.09. The van der Waals surface area contributed by atoms with Gasteiger partial charge >= 0.3 is 5.97 Å². The van der Waals surface area contributed by atoms with Crippen molar-refractivity contribution in [1.29, 1.82) is 0 Å². The molecule has 1 N–H and O–H groups in total. The molecule has 0 bridgehead atoms. The first-order valence-corrected chi connectivity index (χ1v) is 5.52. The Morgan fingerprint density at radius 1 is 1.46 bits per heavy atom. The van der Waals surface area contributed by atoms with Crippen LogP contribution in [0.1, 0.15) is 27.2 Å². The fraction of sp³-hybridized carbons (Fsp3) is 0.889. The molecule has 0 spiro atoms. The fourth-order valence-electron chi connectivity index (χ4n) is 0.838. The molecule has 0 amide bonds. The molecule has 0 aliphatic carbocycles. The molecule has 3 nitrogen and oxygen atoms in total. The largest absolute Gasteiger partial charge is 0.481 e. The molecule has 0 rings (SSSR count). The maximum absolute atomic E-state index is 10.3. The molecule has 0 saturated carbocycles. The molecule has 0 aromatic heterocycles. The first-order chi connectivity index (χ1) is 6.02. The van der Waals surface area contributed by atoms with Crippen molar-refractivity contribution in [1.82, 2.24) is 0 Å². The second-order valence-corrected chi connectivity index (χ2v) is 4.75. The molecule has 0 aromatic carbocycles. The predicted molar refractivity (Wildman–Crippen MR) is 55.3 cm³/mol. The number of rotatable bonds is 7. The highest BCUT2D eigenvalue weighted by Crippen LogP contribution is 2.13. The minimum absolute atomic E-state index is 0.174. The van der Waals surface area contributed by atoms with E-state index in [2.05, 4.69) is 0 Å². The highest BCUT2D eigenvalue weighted by atomic mass is 32.2. The summed E-state index contributed by atoms with van der Waals surface area (Å²) in [5.74, 6) is 0.136. The normalized spacial score (nSPS) is 13.2. The average molecular weight is 206 g/mol. The number of hydrogen-bond acceptors (Lipinski definition) is 3. The average Bonchev–Trinajstić information content (AvgIpc) is 1.96. The summed E-state index contributed by atoms with van der Waals surface area (Å²) in [7, 11) is 0. The number of ether oxygens (including phenoxy) is 1. The van der Waals surface area contributed by atoms with E-state index in [1.165, 1.54) is 0 Å². The minimum atomic E-state index is -0.732. The van der Waals surface area contributed by atoms with Crippen molar-refractivity contribution in [2.75, 3.05) is 12.4 Å². The van der Waals surface area contributed by atoms with Crippen LogP contribution in [-0.4, -0.2) is 34.8 Å². The summed E-state index contributed by atoms with van der Waals surface area (Å²) in [5.41, 5.74) is 0. The maximum atomic E-state index is 10.3. The number of carboxylic acids is 1. The SMILES string of the molecule is CC(C)OCCSC(C)CC(=O)O. The Morgan fingerprint density at radius 2 is 2.08 bits per heavy atom. The van der Waals surface area contributed by atoms with Crippen molar-refractivity contribution < 1.29 is 14.6 Å². The predicted octanol–water partition coefficient (Wildman–Crippen LogP) is 2.01. The smallest absolute Gasteiger partial charge is 0.304 e. The Morgan fingerprint density at radius 3 is 2.54 bits per heavy atom. The van der Waals surface area contributed by atoms with E-state index in [0.29, 0.717) is 6.61 Å². The molecule has 0 radical (unpaired) electrons. The Bertz CT molecular complexity index is 148. The lowest BCUT2D eigenvalue weighted by molar-refractivity contribution is -0.136. The van der Waals surface area contributed by atoms with Gasteiger partial charge in [-0.25, -0.2) is 0 Å². The van der Waals surface area contributed by atoms with Gasteiger partial charge in [0, 0.05) is 11.0 Å². The van der Waals surface area contributed by atoms with E-state index in [1.54, 1.807) is 11.8 Å². The molecule has 4 heteroatoms. The number of thioether (sulfide) groups is 1. The Labute approximate surface area is 83.9 Å². The molecule has 1 atom stereocenters. The lowest BCUT2D eigenvalue weighted by Crippen LogP contribution is -2.10. The van der Waals surface area contributed by atoms with Crippen LogP contribution in [0.25, 0.3) is 0 Å². The van der Waals surface area contributed by atoms with E-state index in [-0.39, 0.29) is 17.8 Å². The number of carbonyl (C=O) groups is 1. The first-order valence-electron chi connectivity index (χ1n) is 4.47. The molecule has 0 aromatic rings. The van der Waals surface area contributed by atoms with Gasteiger partial charge in [-0.15, -0.1) is 0 Å². The van der Waals surface area contributed by atoms with Gasteiger partial charge in [-0.1, -0.05) is 6.92 Å². The summed E-state index contributed by atoms with van der Waals surface area (Å²) >= 11 is 1.64. The first kappa shape index (κ1) is 12.8. The monoisotopic (exact) mass is 206 g/mol.